The molecule has 0 N–H and O–H groups in total. The van der Waals surface area contributed by atoms with Crippen LogP contribution in [0, 0.1) is 0 Å². The van der Waals surface area contributed by atoms with Crippen LogP contribution in [0.1, 0.15) is 22.3 Å². The lowest BCUT2D eigenvalue weighted by molar-refractivity contribution is 0.669. The van der Waals surface area contributed by atoms with Crippen molar-refractivity contribution < 1.29 is 4.42 Å². The van der Waals surface area contributed by atoms with Gasteiger partial charge in [-0.05, 0) is 97.6 Å². The third kappa shape index (κ3) is 4.23. The molecule has 0 bridgehead atoms. The van der Waals surface area contributed by atoms with Crippen molar-refractivity contribution in [1.82, 2.24) is 9.97 Å². The third-order valence-corrected chi connectivity index (χ3v) is 13.6. The van der Waals surface area contributed by atoms with E-state index in [1.807, 2.05) is 24.5 Å². The van der Waals surface area contributed by atoms with Gasteiger partial charge >= 0.3 is 0 Å². The van der Waals surface area contributed by atoms with Crippen molar-refractivity contribution in [2.24, 2.45) is 0 Å². The van der Waals surface area contributed by atoms with Gasteiger partial charge in [0.2, 0.25) is 0 Å². The lowest BCUT2D eigenvalue weighted by Crippen LogP contribution is -2.28. The lowest BCUT2D eigenvalue weighted by atomic mass is 9.70. The molecular formula is C57H33N3O. The molecule has 0 aliphatic heterocycles. The number of hydrogen-bond donors (Lipinski definition) is 0. The number of pyridine rings is 2. The van der Waals surface area contributed by atoms with Gasteiger partial charge in [0.1, 0.15) is 17.0 Å². The Kier molecular flexibility index (Phi) is 6.46. The highest BCUT2D eigenvalue weighted by atomic mass is 16.3. The fourth-order valence-corrected chi connectivity index (χ4v) is 11.1. The molecule has 0 saturated heterocycles. The molecule has 8 aromatic carbocycles. The first-order valence-electron chi connectivity index (χ1n) is 20.9. The molecule has 11 aromatic rings. The van der Waals surface area contributed by atoms with Crippen LogP contribution in [-0.2, 0) is 5.41 Å². The second-order valence-electron chi connectivity index (χ2n) is 16.4. The average Bonchev–Trinajstić information content (AvgIpc) is 4.05. The smallest absolute Gasteiger partial charge is 0.147 e. The third-order valence-electron chi connectivity index (χ3n) is 13.6. The van der Waals surface area contributed by atoms with Gasteiger partial charge in [-0.15, -0.1) is 0 Å². The summed E-state index contributed by atoms with van der Waals surface area (Å²) in [6.45, 7) is 0. The number of para-hydroxylation sites is 1. The highest BCUT2D eigenvalue weighted by Gasteiger charge is 2.53. The van der Waals surface area contributed by atoms with E-state index in [1.54, 1.807) is 0 Å². The molecule has 4 heteroatoms. The van der Waals surface area contributed by atoms with Gasteiger partial charge in [0.15, 0.2) is 0 Å². The molecule has 3 aliphatic rings. The van der Waals surface area contributed by atoms with Crippen LogP contribution in [0.2, 0.25) is 0 Å². The Labute approximate surface area is 351 Å². The first kappa shape index (κ1) is 32.8. The van der Waals surface area contributed by atoms with Crippen LogP contribution >= 0.6 is 0 Å². The first-order valence-corrected chi connectivity index (χ1v) is 20.9. The Bertz CT molecular complexity index is 3580. The van der Waals surface area contributed by atoms with Gasteiger partial charge in [-0.25, -0.2) is 4.98 Å². The average molecular weight is 776 g/mol. The van der Waals surface area contributed by atoms with Gasteiger partial charge in [0, 0.05) is 62.5 Å². The zero-order chi connectivity index (χ0) is 39.8. The lowest BCUT2D eigenvalue weighted by Gasteiger charge is -2.35. The summed E-state index contributed by atoms with van der Waals surface area (Å²) in [6, 6.07) is 66.2. The van der Waals surface area contributed by atoms with Gasteiger partial charge in [0.25, 0.3) is 0 Å². The van der Waals surface area contributed by atoms with Gasteiger partial charge in [-0.3, -0.25) is 9.88 Å². The quantitative estimate of drug-likeness (QED) is 0.179. The zero-order valence-corrected chi connectivity index (χ0v) is 32.8. The summed E-state index contributed by atoms with van der Waals surface area (Å²) < 4.78 is 6.19. The fourth-order valence-electron chi connectivity index (χ4n) is 11.1. The van der Waals surface area contributed by atoms with E-state index >= 15 is 0 Å². The first-order chi connectivity index (χ1) is 30.3. The molecule has 0 atom stereocenters. The highest BCUT2D eigenvalue weighted by Crippen LogP contribution is 2.65. The second kappa shape index (κ2) is 12.0. The highest BCUT2D eigenvalue weighted by molar-refractivity contribution is 6.18. The van der Waals surface area contributed by atoms with E-state index in [4.69, 9.17) is 14.4 Å². The molecule has 282 valence electrons. The Balaban J connectivity index is 1.04. The molecule has 14 rings (SSSR count). The maximum Gasteiger partial charge on any atom is 0.147 e. The fraction of sp³-hybridized carbons (Fsp3) is 0.0175. The molecule has 0 amide bonds. The predicted octanol–water partition coefficient (Wildman–Crippen LogP) is 14.7. The van der Waals surface area contributed by atoms with Gasteiger partial charge in [-0.1, -0.05) is 146 Å². The normalized spacial score (nSPS) is 13.4. The number of benzene rings is 8. The standard InChI is InChI=1S/C57H33N3O/c1-2-13-38-37(12-1)45-31-58-32-47-54(45)46(38)33-59-56(47)60(36-27-24-34(25-28-36)35-26-29-53-44(30-35)42-17-6-10-23-52(42)61-53)51-22-11-18-43-41-16-5-9-21-50(41)57(55(43)51)48-19-7-3-14-39(48)40-15-4-8-20-49(40)57/h1-33H. The molecule has 3 aromatic heterocycles. The molecule has 61 heavy (non-hydrogen) atoms. The number of rotatable bonds is 4. The summed E-state index contributed by atoms with van der Waals surface area (Å²) in [4.78, 5) is 12.8. The van der Waals surface area contributed by atoms with Crippen molar-refractivity contribution in [1.29, 1.82) is 0 Å². The van der Waals surface area contributed by atoms with Crippen LogP contribution in [-0.4, -0.2) is 9.97 Å². The SMILES string of the molecule is c1ccc2c(c1)-c1cncc3c(N(c4ccc(-c5ccc6oc7ccccc7c6c5)cc4)c4cccc5c4C4(c6ccccc6-c6ccccc64)c4ccccc4-5)ncc-2c13. The topological polar surface area (TPSA) is 42.2 Å². The van der Waals surface area contributed by atoms with Crippen molar-refractivity contribution in [3.63, 3.8) is 0 Å². The molecule has 0 unspecified atom stereocenters. The molecule has 0 saturated carbocycles. The maximum atomic E-state index is 6.19. The molecule has 0 radical (unpaired) electrons. The summed E-state index contributed by atoms with van der Waals surface area (Å²) in [5.41, 5.74) is 20.5. The summed E-state index contributed by atoms with van der Waals surface area (Å²) >= 11 is 0. The van der Waals surface area contributed by atoms with Crippen molar-refractivity contribution in [2.75, 3.05) is 4.90 Å². The predicted molar refractivity (Wildman–Crippen MR) is 248 cm³/mol. The second-order valence-corrected chi connectivity index (χ2v) is 16.4. The van der Waals surface area contributed by atoms with E-state index in [0.29, 0.717) is 0 Å². The molecular weight excluding hydrogens is 743 g/mol. The van der Waals surface area contributed by atoms with Crippen LogP contribution in [0.4, 0.5) is 17.2 Å². The van der Waals surface area contributed by atoms with Gasteiger partial charge in [0.05, 0.1) is 11.1 Å². The minimum absolute atomic E-state index is 0.556. The molecule has 3 heterocycles. The maximum absolute atomic E-state index is 6.19. The van der Waals surface area contributed by atoms with E-state index in [-0.39, 0.29) is 0 Å². The number of aromatic nitrogens is 2. The van der Waals surface area contributed by atoms with E-state index in [9.17, 15) is 0 Å². The summed E-state index contributed by atoms with van der Waals surface area (Å²) in [7, 11) is 0. The Morgan fingerprint density at radius 2 is 0.984 bits per heavy atom. The van der Waals surface area contributed by atoms with Crippen molar-refractivity contribution >= 4 is 49.9 Å². The Hall–Kier alpha value is -8.08. The van der Waals surface area contributed by atoms with Gasteiger partial charge < -0.3 is 4.42 Å². The largest absolute Gasteiger partial charge is 0.456 e. The minimum Gasteiger partial charge on any atom is -0.456 e. The van der Waals surface area contributed by atoms with Crippen molar-refractivity contribution in [2.45, 2.75) is 5.41 Å². The van der Waals surface area contributed by atoms with Crippen LogP contribution < -0.4 is 4.90 Å². The monoisotopic (exact) mass is 775 g/mol. The molecule has 4 nitrogen and oxygen atoms in total. The van der Waals surface area contributed by atoms with Crippen LogP contribution in [0.25, 0.3) is 88.3 Å². The van der Waals surface area contributed by atoms with Crippen molar-refractivity contribution in [3.05, 3.63) is 223 Å². The molecule has 0 fully saturated rings. The van der Waals surface area contributed by atoms with E-state index in [0.717, 1.165) is 66.8 Å². The number of fused-ring (bicyclic) bond motifs is 16. The molecule has 1 spiro atoms. The Morgan fingerprint density at radius 1 is 0.410 bits per heavy atom. The summed E-state index contributed by atoms with van der Waals surface area (Å²) in [6.07, 6.45) is 6.10. The minimum atomic E-state index is -0.556. The van der Waals surface area contributed by atoms with E-state index < -0.39 is 5.41 Å². The summed E-state index contributed by atoms with van der Waals surface area (Å²) in [5, 5.41) is 4.44. The zero-order valence-electron chi connectivity index (χ0n) is 32.8. The van der Waals surface area contributed by atoms with Crippen LogP contribution in [0.15, 0.2) is 205 Å². The number of nitrogens with zero attached hydrogens (tertiary/aromatic N) is 3. The van der Waals surface area contributed by atoms with E-state index in [2.05, 4.69) is 181 Å². The molecule has 3 aliphatic carbocycles. The number of anilines is 3. The Morgan fingerprint density at radius 3 is 1.70 bits per heavy atom. The number of furan rings is 1. The van der Waals surface area contributed by atoms with Crippen molar-refractivity contribution in [3.8, 4) is 55.6 Å². The van der Waals surface area contributed by atoms with E-state index in [1.165, 1.54) is 61.0 Å². The summed E-state index contributed by atoms with van der Waals surface area (Å²) in [5.74, 6) is 0.846. The number of hydrogen-bond acceptors (Lipinski definition) is 4. The van der Waals surface area contributed by atoms with Crippen LogP contribution in [0.3, 0.4) is 0 Å². The van der Waals surface area contributed by atoms with Crippen LogP contribution in [0.5, 0.6) is 0 Å². The van der Waals surface area contributed by atoms with Gasteiger partial charge in [-0.2, -0.15) is 0 Å².